The maximum Gasteiger partial charge on any atom is 0.244 e. The van der Waals surface area contributed by atoms with Crippen molar-refractivity contribution in [2.75, 3.05) is 6.54 Å². The molecule has 0 aliphatic carbocycles. The van der Waals surface area contributed by atoms with Gasteiger partial charge in [0.05, 0.1) is 5.54 Å². The number of aryl methyl sites for hydroxylation is 1. The van der Waals surface area contributed by atoms with Crippen molar-refractivity contribution in [1.29, 1.82) is 0 Å². The monoisotopic (exact) mass is 294 g/mol. The molecule has 1 aliphatic rings. The van der Waals surface area contributed by atoms with Crippen LogP contribution in [0.25, 0.3) is 0 Å². The Morgan fingerprint density at radius 3 is 2.65 bits per heavy atom. The van der Waals surface area contributed by atoms with Crippen LogP contribution in [0, 0.1) is 12.8 Å². The zero-order chi connectivity index (χ0) is 14.9. The van der Waals surface area contributed by atoms with Gasteiger partial charge in [0, 0.05) is 16.3 Å². The molecule has 0 saturated carbocycles. The number of hydrogen-bond acceptors (Lipinski definition) is 3. The second kappa shape index (κ2) is 5.86. The predicted octanol–water partition coefficient (Wildman–Crippen LogP) is 3.70. The van der Waals surface area contributed by atoms with E-state index in [2.05, 4.69) is 45.1 Å². The van der Waals surface area contributed by atoms with E-state index in [1.54, 1.807) is 11.3 Å². The molecule has 0 radical (unpaired) electrons. The fraction of sp³-hybridized carbons (Fsp3) is 0.688. The Morgan fingerprint density at radius 2 is 2.15 bits per heavy atom. The van der Waals surface area contributed by atoms with Crippen LogP contribution in [-0.4, -0.2) is 22.9 Å². The zero-order valence-electron chi connectivity index (χ0n) is 13.2. The number of carbonyl (C=O) groups excluding carboxylic acids is 1. The third-order valence-corrected chi connectivity index (χ3v) is 5.24. The molecular formula is C16H26N2OS. The first-order valence-corrected chi connectivity index (χ1v) is 8.34. The summed E-state index contributed by atoms with van der Waals surface area (Å²) in [6, 6.07) is 4.28. The first kappa shape index (κ1) is 15.5. The molecule has 1 saturated heterocycles. The van der Waals surface area contributed by atoms with Crippen molar-refractivity contribution in [2.45, 2.75) is 59.2 Å². The van der Waals surface area contributed by atoms with E-state index in [1.807, 2.05) is 11.8 Å². The summed E-state index contributed by atoms with van der Waals surface area (Å²) in [6.45, 7) is 11.5. The third kappa shape index (κ3) is 2.91. The van der Waals surface area contributed by atoms with Gasteiger partial charge >= 0.3 is 0 Å². The van der Waals surface area contributed by atoms with Crippen molar-refractivity contribution in [3.63, 3.8) is 0 Å². The lowest BCUT2D eigenvalue weighted by Crippen LogP contribution is -2.43. The van der Waals surface area contributed by atoms with Gasteiger partial charge in [0.2, 0.25) is 5.91 Å². The third-order valence-electron chi connectivity index (χ3n) is 4.18. The quantitative estimate of drug-likeness (QED) is 0.898. The van der Waals surface area contributed by atoms with Crippen molar-refractivity contribution in [1.82, 2.24) is 10.2 Å². The first-order chi connectivity index (χ1) is 9.37. The molecule has 2 atom stereocenters. The van der Waals surface area contributed by atoms with Crippen LogP contribution in [0.2, 0.25) is 0 Å². The van der Waals surface area contributed by atoms with Crippen molar-refractivity contribution in [3.8, 4) is 0 Å². The number of nitrogens with zero attached hydrogens (tertiary/aromatic N) is 1. The van der Waals surface area contributed by atoms with Crippen LogP contribution in [0.3, 0.4) is 0 Å². The summed E-state index contributed by atoms with van der Waals surface area (Å²) in [5.74, 6) is 0.860. The van der Waals surface area contributed by atoms with E-state index < -0.39 is 5.54 Å². The van der Waals surface area contributed by atoms with Crippen LogP contribution in [0.4, 0.5) is 0 Å². The molecule has 1 aromatic rings. The number of hydrogen-bond donors (Lipinski definition) is 1. The molecule has 0 spiro atoms. The molecule has 112 valence electrons. The normalized spacial score (nSPS) is 26.8. The highest BCUT2D eigenvalue weighted by atomic mass is 32.1. The Bertz CT molecular complexity index is 483. The van der Waals surface area contributed by atoms with E-state index >= 15 is 0 Å². The van der Waals surface area contributed by atoms with E-state index in [0.717, 1.165) is 19.4 Å². The van der Waals surface area contributed by atoms with Gasteiger partial charge < -0.3 is 4.90 Å². The summed E-state index contributed by atoms with van der Waals surface area (Å²) in [5, 5.41) is 3.56. The highest BCUT2D eigenvalue weighted by molar-refractivity contribution is 7.12. The number of nitrogens with one attached hydrogen (secondary N) is 1. The Labute approximate surface area is 126 Å². The predicted molar refractivity (Wildman–Crippen MR) is 84.8 cm³/mol. The minimum Gasteiger partial charge on any atom is -0.320 e. The minimum atomic E-state index is -0.417. The molecule has 20 heavy (non-hydrogen) atoms. The van der Waals surface area contributed by atoms with Gasteiger partial charge in [0.1, 0.15) is 6.17 Å². The number of thiophene rings is 1. The molecule has 1 aromatic heterocycles. The zero-order valence-corrected chi connectivity index (χ0v) is 14.0. The van der Waals surface area contributed by atoms with Crippen molar-refractivity contribution in [2.24, 2.45) is 5.92 Å². The topological polar surface area (TPSA) is 32.3 Å². The average molecular weight is 294 g/mol. The number of carbonyl (C=O) groups is 1. The summed E-state index contributed by atoms with van der Waals surface area (Å²) < 4.78 is 0. The van der Waals surface area contributed by atoms with Crippen molar-refractivity contribution >= 4 is 17.2 Å². The molecule has 1 fully saturated rings. The lowest BCUT2D eigenvalue weighted by atomic mass is 9.99. The summed E-state index contributed by atoms with van der Waals surface area (Å²) >= 11 is 1.78. The van der Waals surface area contributed by atoms with Gasteiger partial charge in [-0.05, 0) is 44.7 Å². The summed E-state index contributed by atoms with van der Waals surface area (Å²) in [7, 11) is 0. The minimum absolute atomic E-state index is 0.0462. The van der Waals surface area contributed by atoms with Gasteiger partial charge in [0.25, 0.3) is 0 Å². The van der Waals surface area contributed by atoms with Crippen LogP contribution in [-0.2, 0) is 4.79 Å². The van der Waals surface area contributed by atoms with E-state index in [0.29, 0.717) is 5.92 Å². The smallest absolute Gasteiger partial charge is 0.244 e. The molecule has 2 unspecified atom stereocenters. The second-order valence-electron chi connectivity index (χ2n) is 6.36. The number of rotatable bonds is 5. The molecule has 4 heteroatoms. The Morgan fingerprint density at radius 1 is 1.45 bits per heavy atom. The Kier molecular flexibility index (Phi) is 4.55. The largest absolute Gasteiger partial charge is 0.320 e. The van der Waals surface area contributed by atoms with Crippen LogP contribution in [0.1, 0.15) is 56.5 Å². The molecular weight excluding hydrogens is 268 g/mol. The molecule has 2 heterocycles. The molecule has 3 nitrogen and oxygen atoms in total. The van der Waals surface area contributed by atoms with Gasteiger partial charge in [-0.15, -0.1) is 11.3 Å². The maximum absolute atomic E-state index is 12.7. The maximum atomic E-state index is 12.7. The van der Waals surface area contributed by atoms with E-state index in [-0.39, 0.29) is 12.1 Å². The lowest BCUT2D eigenvalue weighted by molar-refractivity contribution is -0.133. The highest BCUT2D eigenvalue weighted by Crippen LogP contribution is 2.35. The van der Waals surface area contributed by atoms with Crippen LogP contribution < -0.4 is 5.32 Å². The van der Waals surface area contributed by atoms with E-state index in [4.69, 9.17) is 0 Å². The van der Waals surface area contributed by atoms with Crippen LogP contribution in [0.15, 0.2) is 12.1 Å². The molecule has 1 aliphatic heterocycles. The average Bonchev–Trinajstić information content (AvgIpc) is 2.92. The fourth-order valence-electron chi connectivity index (χ4n) is 2.58. The summed E-state index contributed by atoms with van der Waals surface area (Å²) in [4.78, 5) is 17.3. The summed E-state index contributed by atoms with van der Waals surface area (Å²) in [6.07, 6.45) is 1.92. The standard InChI is InChI=1S/C16H26N2OS/c1-6-16(5)15(19)18(10-9-11(2)3)14(17-16)13-8-7-12(4)20-13/h7-8,11,14,17H,6,9-10H2,1-5H3. The molecule has 0 aromatic carbocycles. The van der Waals surface area contributed by atoms with E-state index in [9.17, 15) is 4.79 Å². The SMILES string of the molecule is CCC1(C)NC(c2ccc(C)s2)N(CCC(C)C)C1=O. The van der Waals surface area contributed by atoms with Crippen LogP contribution >= 0.6 is 11.3 Å². The number of amides is 1. The van der Waals surface area contributed by atoms with Gasteiger partial charge in [-0.1, -0.05) is 20.8 Å². The van der Waals surface area contributed by atoms with Crippen LogP contribution in [0.5, 0.6) is 0 Å². The van der Waals surface area contributed by atoms with Crippen molar-refractivity contribution < 1.29 is 4.79 Å². The Hall–Kier alpha value is -0.870. The van der Waals surface area contributed by atoms with Gasteiger partial charge in [-0.2, -0.15) is 0 Å². The summed E-state index contributed by atoms with van der Waals surface area (Å²) in [5.41, 5.74) is -0.417. The fourth-order valence-corrected chi connectivity index (χ4v) is 3.52. The van der Waals surface area contributed by atoms with E-state index in [1.165, 1.54) is 9.75 Å². The van der Waals surface area contributed by atoms with Gasteiger partial charge in [-0.25, -0.2) is 0 Å². The molecule has 2 rings (SSSR count). The van der Waals surface area contributed by atoms with Gasteiger partial charge in [-0.3, -0.25) is 10.1 Å². The second-order valence-corrected chi connectivity index (χ2v) is 7.68. The van der Waals surface area contributed by atoms with Crippen molar-refractivity contribution in [3.05, 3.63) is 21.9 Å². The first-order valence-electron chi connectivity index (χ1n) is 7.52. The Balaban J connectivity index is 2.25. The molecule has 0 bridgehead atoms. The highest BCUT2D eigenvalue weighted by Gasteiger charge is 2.47. The molecule has 1 amide bonds. The lowest BCUT2D eigenvalue weighted by Gasteiger charge is -2.24. The van der Waals surface area contributed by atoms with Gasteiger partial charge in [0.15, 0.2) is 0 Å². The molecule has 1 N–H and O–H groups in total.